The highest BCUT2D eigenvalue weighted by Gasteiger charge is 2.07. The van der Waals surface area contributed by atoms with E-state index in [1.165, 1.54) is 0 Å². The molecule has 6 heteroatoms. The highest BCUT2D eigenvalue weighted by atomic mass is 35.5. The Labute approximate surface area is 144 Å². The molecule has 3 rings (SSSR count). The molecule has 0 aliphatic rings. The second-order valence-corrected chi connectivity index (χ2v) is 5.63. The molecule has 0 fully saturated rings. The Hall–Kier alpha value is -2.79. The van der Waals surface area contributed by atoms with Crippen LogP contribution in [0.4, 0.5) is 5.82 Å². The Balaban J connectivity index is 1.63. The van der Waals surface area contributed by atoms with Gasteiger partial charge in [0, 0.05) is 17.3 Å². The highest BCUT2D eigenvalue weighted by molar-refractivity contribution is 6.30. The first-order chi connectivity index (χ1) is 11.6. The topological polar surface area (TPSA) is 56.1 Å². The van der Waals surface area contributed by atoms with Crippen molar-refractivity contribution in [2.24, 2.45) is 0 Å². The van der Waals surface area contributed by atoms with Gasteiger partial charge in [0.25, 0.3) is 0 Å². The van der Waals surface area contributed by atoms with Crippen molar-refractivity contribution in [3.05, 3.63) is 71.4 Å². The quantitative estimate of drug-likeness (QED) is 0.769. The molecule has 0 bridgehead atoms. The van der Waals surface area contributed by atoms with Gasteiger partial charge in [-0.25, -0.2) is 4.68 Å². The first-order valence-electron chi connectivity index (χ1n) is 7.38. The van der Waals surface area contributed by atoms with Crippen molar-refractivity contribution in [3.8, 4) is 11.4 Å². The van der Waals surface area contributed by atoms with Gasteiger partial charge in [-0.2, -0.15) is 5.10 Å². The third kappa shape index (κ3) is 3.94. The van der Waals surface area contributed by atoms with E-state index in [1.54, 1.807) is 36.2 Å². The Kier molecular flexibility index (Phi) is 4.82. The van der Waals surface area contributed by atoms with E-state index in [2.05, 4.69) is 10.4 Å². The molecule has 1 amide bonds. The van der Waals surface area contributed by atoms with Gasteiger partial charge in [0.05, 0.1) is 19.2 Å². The van der Waals surface area contributed by atoms with Crippen molar-refractivity contribution in [2.45, 2.75) is 6.42 Å². The molecule has 2 aromatic carbocycles. The molecule has 1 aromatic heterocycles. The summed E-state index contributed by atoms with van der Waals surface area (Å²) in [5.74, 6) is 1.14. The number of aromatic nitrogens is 2. The van der Waals surface area contributed by atoms with Gasteiger partial charge in [-0.15, -0.1) is 0 Å². The molecule has 0 saturated heterocycles. The third-order valence-corrected chi connectivity index (χ3v) is 3.72. The van der Waals surface area contributed by atoms with E-state index >= 15 is 0 Å². The van der Waals surface area contributed by atoms with Gasteiger partial charge in [0.15, 0.2) is 5.82 Å². The fraction of sp³-hybridized carbons (Fsp3) is 0.111. The number of rotatable bonds is 5. The molecule has 3 aromatic rings. The van der Waals surface area contributed by atoms with E-state index in [0.29, 0.717) is 10.8 Å². The summed E-state index contributed by atoms with van der Waals surface area (Å²) in [5.41, 5.74) is 1.78. The maximum Gasteiger partial charge on any atom is 0.229 e. The second-order valence-electron chi connectivity index (χ2n) is 5.19. The average molecular weight is 342 g/mol. The molecule has 0 unspecified atom stereocenters. The number of amides is 1. The van der Waals surface area contributed by atoms with Gasteiger partial charge in [0.1, 0.15) is 5.75 Å². The summed E-state index contributed by atoms with van der Waals surface area (Å²) >= 11 is 5.87. The maximum atomic E-state index is 12.1. The zero-order valence-corrected chi connectivity index (χ0v) is 13.8. The van der Waals surface area contributed by atoms with Crippen LogP contribution in [0, 0.1) is 0 Å². The van der Waals surface area contributed by atoms with Crippen molar-refractivity contribution in [1.82, 2.24) is 9.78 Å². The molecule has 1 heterocycles. The standard InChI is InChI=1S/C18H16ClN3O2/c1-24-16-8-2-13(3-9-16)12-18(23)20-17-10-11-22(21-17)15-6-4-14(19)5-7-15/h2-11H,12H2,1H3,(H,20,21,23). The normalized spacial score (nSPS) is 10.4. The van der Waals surface area contributed by atoms with Crippen molar-refractivity contribution in [1.29, 1.82) is 0 Å². The summed E-state index contributed by atoms with van der Waals surface area (Å²) in [7, 11) is 1.61. The number of nitrogens with zero attached hydrogens (tertiary/aromatic N) is 2. The summed E-state index contributed by atoms with van der Waals surface area (Å²) in [5, 5.41) is 7.80. The van der Waals surface area contributed by atoms with E-state index < -0.39 is 0 Å². The van der Waals surface area contributed by atoms with E-state index in [0.717, 1.165) is 17.0 Å². The second kappa shape index (κ2) is 7.19. The number of halogens is 1. The average Bonchev–Trinajstić information content (AvgIpc) is 3.04. The Morgan fingerprint density at radius 3 is 2.50 bits per heavy atom. The summed E-state index contributed by atoms with van der Waals surface area (Å²) in [6.07, 6.45) is 2.06. The molecular formula is C18H16ClN3O2. The lowest BCUT2D eigenvalue weighted by Gasteiger charge is -2.04. The number of carbonyl (C=O) groups excluding carboxylic acids is 1. The summed E-state index contributed by atoms with van der Waals surface area (Å²) in [4.78, 5) is 12.1. The van der Waals surface area contributed by atoms with Gasteiger partial charge < -0.3 is 10.1 Å². The van der Waals surface area contributed by atoms with E-state index in [1.807, 2.05) is 36.4 Å². The molecule has 1 N–H and O–H groups in total. The number of anilines is 1. The zero-order chi connectivity index (χ0) is 16.9. The minimum absolute atomic E-state index is 0.124. The number of nitrogens with one attached hydrogen (secondary N) is 1. The molecule has 0 saturated carbocycles. The third-order valence-electron chi connectivity index (χ3n) is 3.47. The molecule has 0 spiro atoms. The SMILES string of the molecule is COc1ccc(CC(=O)Nc2ccn(-c3ccc(Cl)cc3)n2)cc1. The maximum absolute atomic E-state index is 12.1. The van der Waals surface area contributed by atoms with Crippen molar-refractivity contribution < 1.29 is 9.53 Å². The number of benzene rings is 2. The fourth-order valence-corrected chi connectivity index (χ4v) is 2.37. The van der Waals surface area contributed by atoms with Crippen molar-refractivity contribution in [2.75, 3.05) is 12.4 Å². The molecule has 0 atom stereocenters. The first kappa shape index (κ1) is 16.1. The Morgan fingerprint density at radius 2 is 1.83 bits per heavy atom. The highest BCUT2D eigenvalue weighted by Crippen LogP contribution is 2.15. The number of hydrogen-bond donors (Lipinski definition) is 1. The predicted octanol–water partition coefficient (Wildman–Crippen LogP) is 3.72. The molecule has 0 aliphatic heterocycles. The van der Waals surface area contributed by atoms with E-state index in [4.69, 9.17) is 16.3 Å². The van der Waals surface area contributed by atoms with Gasteiger partial charge in [0.2, 0.25) is 5.91 Å². The number of methoxy groups -OCH3 is 1. The van der Waals surface area contributed by atoms with Crippen LogP contribution in [0.15, 0.2) is 60.8 Å². The monoisotopic (exact) mass is 341 g/mol. The minimum Gasteiger partial charge on any atom is -0.497 e. The fourth-order valence-electron chi connectivity index (χ4n) is 2.24. The van der Waals surface area contributed by atoms with Crippen LogP contribution in [0.3, 0.4) is 0 Å². The van der Waals surface area contributed by atoms with Crippen LogP contribution in [0.25, 0.3) is 5.69 Å². The van der Waals surface area contributed by atoms with Crippen molar-refractivity contribution in [3.63, 3.8) is 0 Å². The molecular weight excluding hydrogens is 326 g/mol. The summed E-state index contributed by atoms with van der Waals surface area (Å²) in [6.45, 7) is 0. The Morgan fingerprint density at radius 1 is 1.12 bits per heavy atom. The van der Waals surface area contributed by atoms with Crippen LogP contribution in [0.5, 0.6) is 5.75 Å². The first-order valence-corrected chi connectivity index (χ1v) is 7.76. The Bertz CT molecular complexity index is 826. The lowest BCUT2D eigenvalue weighted by atomic mass is 10.1. The largest absolute Gasteiger partial charge is 0.497 e. The van der Waals surface area contributed by atoms with Crippen LogP contribution in [-0.2, 0) is 11.2 Å². The molecule has 5 nitrogen and oxygen atoms in total. The molecule has 24 heavy (non-hydrogen) atoms. The van der Waals surface area contributed by atoms with Crippen LogP contribution in [-0.4, -0.2) is 22.8 Å². The van der Waals surface area contributed by atoms with Crippen LogP contribution in [0.1, 0.15) is 5.56 Å². The predicted molar refractivity (Wildman–Crippen MR) is 93.9 cm³/mol. The van der Waals surface area contributed by atoms with Gasteiger partial charge >= 0.3 is 0 Å². The molecule has 0 radical (unpaired) electrons. The van der Waals surface area contributed by atoms with Crippen LogP contribution < -0.4 is 10.1 Å². The van der Waals surface area contributed by atoms with Crippen LogP contribution in [0.2, 0.25) is 5.02 Å². The van der Waals surface area contributed by atoms with Crippen LogP contribution >= 0.6 is 11.6 Å². The summed E-state index contributed by atoms with van der Waals surface area (Å²) in [6, 6.07) is 16.4. The zero-order valence-electron chi connectivity index (χ0n) is 13.1. The smallest absolute Gasteiger partial charge is 0.229 e. The lowest BCUT2D eigenvalue weighted by Crippen LogP contribution is -2.15. The summed E-state index contributed by atoms with van der Waals surface area (Å²) < 4.78 is 6.78. The van der Waals surface area contributed by atoms with E-state index in [-0.39, 0.29) is 12.3 Å². The number of hydrogen-bond acceptors (Lipinski definition) is 3. The molecule has 122 valence electrons. The minimum atomic E-state index is -0.124. The lowest BCUT2D eigenvalue weighted by molar-refractivity contribution is -0.115. The van der Waals surface area contributed by atoms with Gasteiger partial charge in [-0.05, 0) is 42.0 Å². The number of carbonyl (C=O) groups is 1. The molecule has 0 aliphatic carbocycles. The van der Waals surface area contributed by atoms with Crippen molar-refractivity contribution >= 4 is 23.3 Å². The van der Waals surface area contributed by atoms with Gasteiger partial charge in [-0.3, -0.25) is 4.79 Å². The van der Waals surface area contributed by atoms with E-state index in [9.17, 15) is 4.79 Å². The van der Waals surface area contributed by atoms with Gasteiger partial charge in [-0.1, -0.05) is 23.7 Å². The number of ether oxygens (including phenoxy) is 1.